The van der Waals surface area contributed by atoms with Crippen molar-refractivity contribution >= 4 is 12.1 Å². The molecule has 1 aromatic rings. The Kier molecular flexibility index (Phi) is 6.37. The van der Waals surface area contributed by atoms with Gasteiger partial charge in [-0.25, -0.2) is 4.79 Å². The summed E-state index contributed by atoms with van der Waals surface area (Å²) in [4.78, 5) is 29.9. The van der Waals surface area contributed by atoms with Crippen molar-refractivity contribution in [3.63, 3.8) is 0 Å². The molecule has 0 aliphatic rings. The van der Waals surface area contributed by atoms with Crippen molar-refractivity contribution in [2.24, 2.45) is 0 Å². The van der Waals surface area contributed by atoms with E-state index in [0.717, 1.165) is 5.56 Å². The van der Waals surface area contributed by atoms with Gasteiger partial charge in [-0.1, -0.05) is 30.3 Å². The first-order valence-electron chi connectivity index (χ1n) is 7.09. The molecule has 6 nitrogen and oxygen atoms in total. The van der Waals surface area contributed by atoms with E-state index < -0.39 is 23.7 Å². The van der Waals surface area contributed by atoms with E-state index in [1.54, 1.807) is 34.9 Å². The maximum Gasteiger partial charge on any atom is 0.428 e. The molecule has 122 valence electrons. The second kappa shape index (κ2) is 7.79. The second-order valence-electron chi connectivity index (χ2n) is 6.16. The second-order valence-corrected chi connectivity index (χ2v) is 6.16. The minimum Gasteiger partial charge on any atom is -0.459 e. The van der Waals surface area contributed by atoms with Crippen molar-refractivity contribution in [3.05, 3.63) is 35.9 Å². The lowest BCUT2D eigenvalue weighted by molar-refractivity contribution is -0.160. The summed E-state index contributed by atoms with van der Waals surface area (Å²) in [6, 6.07) is 8.68. The molecule has 1 N–H and O–H groups in total. The molecular formula is C16H24N2O4. The van der Waals surface area contributed by atoms with E-state index in [4.69, 9.17) is 9.57 Å². The molecule has 0 aromatic heterocycles. The van der Waals surface area contributed by atoms with Crippen LogP contribution in [0.25, 0.3) is 0 Å². The average molecular weight is 308 g/mol. The monoisotopic (exact) mass is 308 g/mol. The predicted molar refractivity (Wildman–Crippen MR) is 83.1 cm³/mol. The van der Waals surface area contributed by atoms with E-state index >= 15 is 0 Å². The summed E-state index contributed by atoms with van der Waals surface area (Å²) in [5, 5.41) is 0. The lowest BCUT2D eigenvalue weighted by atomic mass is 10.1. The number of hydrogen-bond acceptors (Lipinski definition) is 5. The summed E-state index contributed by atoms with van der Waals surface area (Å²) in [6.07, 6.45) is -0.224. The standard InChI is InChI=1S/C16H24N2O4/c1-16(2,3)21-14(19)13(17-22-15(20)18(4)5)11-12-9-7-6-8-10-12/h6-10,13,17H,11H2,1-5H3. The van der Waals surface area contributed by atoms with Gasteiger partial charge >= 0.3 is 12.1 Å². The van der Waals surface area contributed by atoms with Gasteiger partial charge in [-0.05, 0) is 26.3 Å². The van der Waals surface area contributed by atoms with Crippen LogP contribution in [0.2, 0.25) is 0 Å². The van der Waals surface area contributed by atoms with Crippen LogP contribution < -0.4 is 5.48 Å². The number of hydroxylamine groups is 1. The zero-order valence-electron chi connectivity index (χ0n) is 13.8. The number of nitrogens with zero attached hydrogens (tertiary/aromatic N) is 1. The van der Waals surface area contributed by atoms with Crippen LogP contribution in [0, 0.1) is 0 Å². The molecule has 6 heteroatoms. The maximum atomic E-state index is 12.3. The molecule has 0 aliphatic carbocycles. The van der Waals surface area contributed by atoms with Gasteiger partial charge in [0.15, 0.2) is 0 Å². The molecule has 0 spiro atoms. The fraction of sp³-hybridized carbons (Fsp3) is 0.500. The quantitative estimate of drug-likeness (QED) is 0.667. The Bertz CT molecular complexity index is 495. The largest absolute Gasteiger partial charge is 0.459 e. The number of nitrogens with one attached hydrogen (secondary N) is 1. The van der Waals surface area contributed by atoms with Crippen LogP contribution >= 0.6 is 0 Å². The van der Waals surface area contributed by atoms with Gasteiger partial charge < -0.3 is 14.5 Å². The van der Waals surface area contributed by atoms with Crippen molar-refractivity contribution in [2.75, 3.05) is 14.1 Å². The highest BCUT2D eigenvalue weighted by Gasteiger charge is 2.27. The zero-order chi connectivity index (χ0) is 16.8. The summed E-state index contributed by atoms with van der Waals surface area (Å²) in [5.74, 6) is -0.470. The van der Waals surface area contributed by atoms with E-state index in [0.29, 0.717) is 6.42 Å². The summed E-state index contributed by atoms with van der Waals surface area (Å²) in [7, 11) is 3.12. The molecule has 22 heavy (non-hydrogen) atoms. The Labute approximate surface area is 131 Å². The Morgan fingerprint density at radius 3 is 2.27 bits per heavy atom. The van der Waals surface area contributed by atoms with E-state index in [1.165, 1.54) is 4.90 Å². The van der Waals surface area contributed by atoms with Gasteiger partial charge in [-0.3, -0.25) is 4.79 Å². The lowest BCUT2D eigenvalue weighted by Gasteiger charge is -2.24. The smallest absolute Gasteiger partial charge is 0.428 e. The number of amides is 1. The van der Waals surface area contributed by atoms with Crippen molar-refractivity contribution in [2.45, 2.75) is 38.8 Å². The van der Waals surface area contributed by atoms with E-state index in [-0.39, 0.29) is 0 Å². The number of benzene rings is 1. The number of ether oxygens (including phenoxy) is 1. The third kappa shape index (κ3) is 6.58. The number of carbonyl (C=O) groups is 2. The number of esters is 1. The molecule has 1 unspecified atom stereocenters. The highest BCUT2D eigenvalue weighted by atomic mass is 16.7. The van der Waals surface area contributed by atoms with E-state index in [9.17, 15) is 9.59 Å². The van der Waals surface area contributed by atoms with Crippen LogP contribution in [-0.2, 0) is 20.8 Å². The Morgan fingerprint density at radius 1 is 1.18 bits per heavy atom. The number of rotatable bonds is 5. The highest BCUT2D eigenvalue weighted by molar-refractivity contribution is 5.77. The van der Waals surface area contributed by atoms with Crippen molar-refractivity contribution in [1.82, 2.24) is 10.4 Å². The molecular weight excluding hydrogens is 284 g/mol. The average Bonchev–Trinajstić information content (AvgIpc) is 2.42. The van der Waals surface area contributed by atoms with Crippen LogP contribution in [0.1, 0.15) is 26.3 Å². The molecule has 1 atom stereocenters. The zero-order valence-corrected chi connectivity index (χ0v) is 13.8. The maximum absolute atomic E-state index is 12.3. The van der Waals surface area contributed by atoms with Gasteiger partial charge in [0, 0.05) is 20.5 Å². The molecule has 0 aliphatic heterocycles. The van der Waals surface area contributed by atoms with Crippen molar-refractivity contribution < 1.29 is 19.2 Å². The molecule has 0 fully saturated rings. The van der Waals surface area contributed by atoms with E-state index in [2.05, 4.69) is 5.48 Å². The molecule has 0 saturated heterocycles. The highest BCUT2D eigenvalue weighted by Crippen LogP contribution is 2.11. The lowest BCUT2D eigenvalue weighted by Crippen LogP contribution is -2.45. The minimum absolute atomic E-state index is 0.358. The molecule has 0 bridgehead atoms. The Balaban J connectivity index is 2.76. The van der Waals surface area contributed by atoms with Crippen molar-refractivity contribution in [1.29, 1.82) is 0 Å². The molecule has 1 rings (SSSR count). The first-order valence-corrected chi connectivity index (χ1v) is 7.09. The topological polar surface area (TPSA) is 67.9 Å². The van der Waals surface area contributed by atoms with Gasteiger partial charge in [0.05, 0.1) is 0 Å². The third-order valence-electron chi connectivity index (χ3n) is 2.63. The fourth-order valence-electron chi connectivity index (χ4n) is 1.61. The minimum atomic E-state index is -0.773. The Morgan fingerprint density at radius 2 is 1.77 bits per heavy atom. The molecule has 1 aromatic carbocycles. The van der Waals surface area contributed by atoms with Gasteiger partial charge in [0.25, 0.3) is 0 Å². The summed E-state index contributed by atoms with van der Waals surface area (Å²) in [6.45, 7) is 5.36. The van der Waals surface area contributed by atoms with E-state index in [1.807, 2.05) is 30.3 Å². The molecule has 0 heterocycles. The SMILES string of the molecule is CN(C)C(=O)ONC(Cc1ccccc1)C(=O)OC(C)(C)C. The third-order valence-corrected chi connectivity index (χ3v) is 2.63. The number of hydrogen-bond donors (Lipinski definition) is 1. The summed E-state index contributed by atoms with van der Waals surface area (Å²) < 4.78 is 5.36. The van der Waals surface area contributed by atoms with Gasteiger partial charge in [-0.15, -0.1) is 5.48 Å². The molecule has 0 saturated carbocycles. The van der Waals surface area contributed by atoms with Gasteiger partial charge in [-0.2, -0.15) is 0 Å². The summed E-state index contributed by atoms with van der Waals surface area (Å²) in [5.41, 5.74) is 2.83. The first-order chi connectivity index (χ1) is 10.2. The Hall–Kier alpha value is -2.08. The number of carbonyl (C=O) groups excluding carboxylic acids is 2. The molecule has 1 amide bonds. The summed E-state index contributed by atoms with van der Waals surface area (Å²) >= 11 is 0. The first kappa shape index (κ1) is 18.0. The van der Waals surface area contributed by atoms with Crippen molar-refractivity contribution in [3.8, 4) is 0 Å². The predicted octanol–water partition coefficient (Wildman–Crippen LogP) is 2.14. The van der Waals surface area contributed by atoms with Crippen LogP contribution in [-0.4, -0.2) is 42.7 Å². The van der Waals surface area contributed by atoms with Crippen LogP contribution in [0.5, 0.6) is 0 Å². The van der Waals surface area contributed by atoms with Gasteiger partial charge in [0.1, 0.15) is 11.6 Å². The molecule has 0 radical (unpaired) electrons. The van der Waals surface area contributed by atoms with Crippen LogP contribution in [0.4, 0.5) is 4.79 Å². The van der Waals surface area contributed by atoms with Crippen LogP contribution in [0.3, 0.4) is 0 Å². The van der Waals surface area contributed by atoms with Gasteiger partial charge in [0.2, 0.25) is 0 Å². The fourth-order valence-corrected chi connectivity index (χ4v) is 1.61. The normalized spacial score (nSPS) is 12.4. The van der Waals surface area contributed by atoms with Crippen LogP contribution in [0.15, 0.2) is 30.3 Å².